The maximum absolute atomic E-state index is 11.6. The summed E-state index contributed by atoms with van der Waals surface area (Å²) < 4.78 is 0. The van der Waals surface area contributed by atoms with Crippen LogP contribution in [0.5, 0.6) is 0 Å². The second kappa shape index (κ2) is 4.26. The average Bonchev–Trinajstić information content (AvgIpc) is 2.86. The number of carbonyl (C=O) groups excluding carboxylic acids is 1. The van der Waals surface area contributed by atoms with Crippen LogP contribution in [0, 0.1) is 0 Å². The van der Waals surface area contributed by atoms with Crippen molar-refractivity contribution in [2.75, 3.05) is 0 Å². The van der Waals surface area contributed by atoms with E-state index >= 15 is 0 Å². The van der Waals surface area contributed by atoms with Crippen LogP contribution in [0.3, 0.4) is 0 Å². The number of amides is 1. The van der Waals surface area contributed by atoms with E-state index in [4.69, 9.17) is 23.8 Å². The van der Waals surface area contributed by atoms with Gasteiger partial charge < -0.3 is 15.6 Å². The highest BCUT2D eigenvalue weighted by Crippen LogP contribution is 2.26. The molecule has 3 N–H and O–H groups in total. The monoisotopic (exact) mass is 279 g/mol. The van der Waals surface area contributed by atoms with Crippen LogP contribution < -0.4 is 10.6 Å². The van der Waals surface area contributed by atoms with Crippen molar-refractivity contribution in [3.05, 3.63) is 35.0 Å². The van der Waals surface area contributed by atoms with Crippen molar-refractivity contribution in [3.8, 4) is 0 Å². The zero-order chi connectivity index (χ0) is 12.7. The van der Waals surface area contributed by atoms with E-state index in [0.717, 1.165) is 16.5 Å². The van der Waals surface area contributed by atoms with Crippen LogP contribution in [0.4, 0.5) is 0 Å². The van der Waals surface area contributed by atoms with Crippen LogP contribution in [-0.2, 0) is 11.2 Å². The average molecular weight is 280 g/mol. The minimum Gasteiger partial charge on any atom is -0.360 e. The summed E-state index contributed by atoms with van der Waals surface area (Å²) in [5.74, 6) is -0.0867. The summed E-state index contributed by atoms with van der Waals surface area (Å²) in [7, 11) is 0. The smallest absolute Gasteiger partial charge is 0.249 e. The van der Waals surface area contributed by atoms with E-state index in [0.29, 0.717) is 16.6 Å². The molecule has 1 saturated heterocycles. The summed E-state index contributed by atoms with van der Waals surface area (Å²) in [4.78, 5) is 14.7. The van der Waals surface area contributed by atoms with Crippen molar-refractivity contribution in [1.29, 1.82) is 0 Å². The summed E-state index contributed by atoms with van der Waals surface area (Å²) in [6.45, 7) is 0. The van der Waals surface area contributed by atoms with E-state index in [1.165, 1.54) is 0 Å². The fourth-order valence-corrected chi connectivity index (χ4v) is 2.64. The van der Waals surface area contributed by atoms with Crippen LogP contribution in [0.2, 0.25) is 5.02 Å². The number of halogens is 1. The maximum Gasteiger partial charge on any atom is 0.249 e. The number of aromatic nitrogens is 1. The first-order chi connectivity index (χ1) is 8.65. The molecule has 1 unspecified atom stereocenters. The van der Waals surface area contributed by atoms with Crippen LogP contribution >= 0.6 is 23.8 Å². The molecule has 4 nitrogen and oxygen atoms in total. The molecule has 0 aliphatic carbocycles. The van der Waals surface area contributed by atoms with Gasteiger partial charge in [0.25, 0.3) is 0 Å². The summed E-state index contributed by atoms with van der Waals surface area (Å²) in [5, 5.41) is 7.64. The number of fused-ring (bicyclic) bond motifs is 1. The van der Waals surface area contributed by atoms with Gasteiger partial charge in [0.15, 0.2) is 5.11 Å². The SMILES string of the molecule is O=C1NC(=S)NC1Cc1c[nH]c2c(Cl)cccc12. The maximum atomic E-state index is 11.6. The Balaban J connectivity index is 1.94. The predicted octanol–water partition coefficient (Wildman–Crippen LogP) is 1.74. The molecule has 0 saturated carbocycles. The molecule has 6 heteroatoms. The van der Waals surface area contributed by atoms with Crippen LogP contribution in [0.1, 0.15) is 5.56 Å². The normalized spacial score (nSPS) is 19.1. The molecular weight excluding hydrogens is 270 g/mol. The van der Waals surface area contributed by atoms with Gasteiger partial charge in [-0.1, -0.05) is 23.7 Å². The third-order valence-electron chi connectivity index (χ3n) is 3.03. The number of hydrogen-bond acceptors (Lipinski definition) is 2. The quantitative estimate of drug-likeness (QED) is 0.734. The van der Waals surface area contributed by atoms with E-state index < -0.39 is 0 Å². The van der Waals surface area contributed by atoms with E-state index in [1.807, 2.05) is 24.4 Å². The molecule has 0 bridgehead atoms. The van der Waals surface area contributed by atoms with Gasteiger partial charge in [0.1, 0.15) is 6.04 Å². The first-order valence-corrected chi connectivity index (χ1v) is 6.29. The highest BCUT2D eigenvalue weighted by Gasteiger charge is 2.27. The Hall–Kier alpha value is -1.59. The van der Waals surface area contributed by atoms with E-state index in [9.17, 15) is 4.79 Å². The number of rotatable bonds is 2. The molecule has 0 radical (unpaired) electrons. The van der Waals surface area contributed by atoms with Crippen molar-refractivity contribution in [3.63, 3.8) is 0 Å². The molecule has 1 aromatic carbocycles. The molecular formula is C12H10ClN3OS. The Bertz CT molecular complexity index is 652. The standard InChI is InChI=1S/C12H10ClN3OS/c13-8-3-1-2-7-6(5-14-10(7)8)4-9-11(17)16-12(18)15-9/h1-3,5,9,14H,4H2,(H2,15,16,17,18). The lowest BCUT2D eigenvalue weighted by molar-refractivity contribution is -0.120. The minimum atomic E-state index is -0.310. The molecule has 1 fully saturated rings. The van der Waals surface area contributed by atoms with Gasteiger partial charge in [-0.2, -0.15) is 0 Å². The van der Waals surface area contributed by atoms with Crippen LogP contribution in [-0.4, -0.2) is 22.0 Å². The van der Waals surface area contributed by atoms with Gasteiger partial charge in [-0.05, 0) is 23.8 Å². The molecule has 1 amide bonds. The number of aromatic amines is 1. The Kier molecular flexibility index (Phi) is 2.72. The second-order valence-corrected chi connectivity index (χ2v) is 5.01. The summed E-state index contributed by atoms with van der Waals surface area (Å²) in [6, 6.07) is 5.41. The molecule has 1 aliphatic rings. The molecule has 18 heavy (non-hydrogen) atoms. The van der Waals surface area contributed by atoms with Gasteiger partial charge in [0.05, 0.1) is 10.5 Å². The van der Waals surface area contributed by atoms with Gasteiger partial charge >= 0.3 is 0 Å². The fourth-order valence-electron chi connectivity index (χ4n) is 2.17. The lowest BCUT2D eigenvalue weighted by Gasteiger charge is -2.06. The fraction of sp³-hybridized carbons (Fsp3) is 0.167. The van der Waals surface area contributed by atoms with Crippen molar-refractivity contribution in [1.82, 2.24) is 15.6 Å². The number of thiocarbonyl (C=S) groups is 1. The van der Waals surface area contributed by atoms with Crippen LogP contribution in [0.15, 0.2) is 24.4 Å². The molecule has 2 heterocycles. The van der Waals surface area contributed by atoms with Crippen molar-refractivity contribution >= 4 is 45.7 Å². The van der Waals surface area contributed by atoms with Gasteiger partial charge in [0.2, 0.25) is 5.91 Å². The van der Waals surface area contributed by atoms with E-state index in [-0.39, 0.29) is 11.9 Å². The van der Waals surface area contributed by atoms with E-state index in [2.05, 4.69) is 15.6 Å². The number of hydrogen-bond donors (Lipinski definition) is 3. The Morgan fingerprint density at radius 3 is 2.94 bits per heavy atom. The summed E-state index contributed by atoms with van der Waals surface area (Å²) in [6.07, 6.45) is 2.46. The third-order valence-corrected chi connectivity index (χ3v) is 3.57. The van der Waals surface area contributed by atoms with Gasteiger partial charge in [-0.25, -0.2) is 0 Å². The van der Waals surface area contributed by atoms with E-state index in [1.54, 1.807) is 0 Å². The zero-order valence-electron chi connectivity index (χ0n) is 9.29. The molecule has 0 spiro atoms. The number of benzene rings is 1. The van der Waals surface area contributed by atoms with Crippen molar-refractivity contribution < 1.29 is 4.79 Å². The van der Waals surface area contributed by atoms with Gasteiger partial charge in [-0.3, -0.25) is 4.79 Å². The second-order valence-electron chi connectivity index (χ2n) is 4.20. The molecule has 1 aromatic heterocycles. The first kappa shape index (κ1) is 11.5. The molecule has 92 valence electrons. The zero-order valence-corrected chi connectivity index (χ0v) is 10.9. The van der Waals surface area contributed by atoms with Gasteiger partial charge in [-0.15, -0.1) is 0 Å². The summed E-state index contributed by atoms with van der Waals surface area (Å²) in [5.41, 5.74) is 1.94. The van der Waals surface area contributed by atoms with Crippen LogP contribution in [0.25, 0.3) is 10.9 Å². The Morgan fingerprint density at radius 2 is 2.22 bits per heavy atom. The highest BCUT2D eigenvalue weighted by atomic mass is 35.5. The van der Waals surface area contributed by atoms with Crippen molar-refractivity contribution in [2.24, 2.45) is 0 Å². The topological polar surface area (TPSA) is 56.9 Å². The minimum absolute atomic E-state index is 0.0867. The Morgan fingerprint density at radius 1 is 1.39 bits per heavy atom. The number of carbonyl (C=O) groups is 1. The molecule has 3 rings (SSSR count). The third kappa shape index (κ3) is 1.85. The predicted molar refractivity (Wildman–Crippen MR) is 74.7 cm³/mol. The largest absolute Gasteiger partial charge is 0.360 e. The lowest BCUT2D eigenvalue weighted by atomic mass is 10.1. The summed E-state index contributed by atoms with van der Waals surface area (Å²) >= 11 is 11.0. The number of H-pyrrole nitrogens is 1. The lowest BCUT2D eigenvalue weighted by Crippen LogP contribution is -2.30. The molecule has 2 aromatic rings. The van der Waals surface area contributed by atoms with Crippen molar-refractivity contribution in [2.45, 2.75) is 12.5 Å². The highest BCUT2D eigenvalue weighted by molar-refractivity contribution is 7.80. The Labute approximate surface area is 114 Å². The first-order valence-electron chi connectivity index (χ1n) is 5.51. The number of nitrogens with one attached hydrogen (secondary N) is 3. The number of para-hydroxylation sites is 1. The van der Waals surface area contributed by atoms with Gasteiger partial charge in [0, 0.05) is 18.0 Å². The molecule has 1 aliphatic heterocycles. The molecule has 1 atom stereocenters.